The Balaban J connectivity index is 1.50. The molecule has 0 saturated carbocycles. The van der Waals surface area contributed by atoms with Crippen LogP contribution in [-0.2, 0) is 22.6 Å². The predicted molar refractivity (Wildman–Crippen MR) is 92.4 cm³/mol. The number of carbonyl (C=O) groups is 1. The molecule has 0 bridgehead atoms. The van der Waals surface area contributed by atoms with E-state index in [0.29, 0.717) is 19.6 Å². The van der Waals surface area contributed by atoms with Crippen LogP contribution in [0.3, 0.4) is 0 Å². The predicted octanol–water partition coefficient (Wildman–Crippen LogP) is 1.48. The van der Waals surface area contributed by atoms with E-state index in [1.807, 2.05) is 35.5 Å². The van der Waals surface area contributed by atoms with Gasteiger partial charge in [-0.05, 0) is 5.56 Å². The molecule has 1 aromatic carbocycles. The highest BCUT2D eigenvalue weighted by Crippen LogP contribution is 2.26. The molecule has 2 fully saturated rings. The van der Waals surface area contributed by atoms with Gasteiger partial charge in [-0.3, -0.25) is 9.69 Å². The molecule has 2 aliphatic rings. The van der Waals surface area contributed by atoms with Crippen LogP contribution in [0.5, 0.6) is 0 Å². The third kappa shape index (κ3) is 3.70. The van der Waals surface area contributed by atoms with Crippen molar-refractivity contribution in [1.82, 2.24) is 19.8 Å². The van der Waals surface area contributed by atoms with Crippen LogP contribution >= 0.6 is 0 Å². The lowest BCUT2D eigenvalue weighted by molar-refractivity contribution is -0.133. The van der Waals surface area contributed by atoms with E-state index >= 15 is 0 Å². The Bertz CT molecular complexity index is 710. The Morgan fingerprint density at radius 3 is 2.64 bits per heavy atom. The molecule has 1 amide bonds. The lowest BCUT2D eigenvalue weighted by Crippen LogP contribution is -2.45. The van der Waals surface area contributed by atoms with E-state index in [1.165, 1.54) is 0 Å². The second-order valence-electron chi connectivity index (χ2n) is 6.67. The Morgan fingerprint density at radius 2 is 1.84 bits per heavy atom. The molecule has 130 valence electrons. The largest absolute Gasteiger partial charge is 0.374 e. The van der Waals surface area contributed by atoms with Crippen molar-refractivity contribution < 1.29 is 9.53 Å². The fourth-order valence-electron chi connectivity index (χ4n) is 3.71. The molecule has 0 spiro atoms. The Kier molecular flexibility index (Phi) is 4.72. The topological polar surface area (TPSA) is 58.6 Å². The monoisotopic (exact) mass is 338 g/mol. The van der Waals surface area contributed by atoms with Crippen LogP contribution in [0.4, 0.5) is 0 Å². The highest BCUT2D eigenvalue weighted by atomic mass is 16.5. The molecule has 3 heterocycles. The van der Waals surface area contributed by atoms with Gasteiger partial charge in [0.05, 0.1) is 25.2 Å². The van der Waals surface area contributed by atoms with Gasteiger partial charge in [0, 0.05) is 44.1 Å². The molecule has 0 unspecified atom stereocenters. The summed E-state index contributed by atoms with van der Waals surface area (Å²) in [5.74, 6) is 0.182. The molecule has 4 rings (SSSR count). The summed E-state index contributed by atoms with van der Waals surface area (Å²) < 4.78 is 6.00. The van der Waals surface area contributed by atoms with E-state index in [1.54, 1.807) is 6.33 Å². The Labute approximate surface area is 147 Å². The fraction of sp³-hybridized carbons (Fsp3) is 0.421. The maximum absolute atomic E-state index is 12.6. The number of rotatable bonds is 4. The number of carbonyl (C=O) groups excluding carboxylic acids is 1. The first-order valence-electron chi connectivity index (χ1n) is 8.71. The average molecular weight is 338 g/mol. The standard InChI is InChI=1S/C19H22N4O2/c24-19-6-7-25-18-13-22(10-16-8-20-14-21-9-16)12-17(18)23(19)11-15-4-2-1-3-5-15/h1-5,8-9,14,17-18H,6-7,10-13H2/t17-,18-/m0/s1. The number of amides is 1. The molecule has 2 saturated heterocycles. The van der Waals surface area contributed by atoms with Gasteiger partial charge in [-0.2, -0.15) is 0 Å². The van der Waals surface area contributed by atoms with E-state index in [0.717, 1.165) is 30.8 Å². The third-order valence-corrected chi connectivity index (χ3v) is 4.90. The minimum absolute atomic E-state index is 0.0693. The number of nitrogens with zero attached hydrogens (tertiary/aromatic N) is 4. The number of ether oxygens (including phenoxy) is 1. The summed E-state index contributed by atoms with van der Waals surface area (Å²) in [7, 11) is 0. The molecular weight excluding hydrogens is 316 g/mol. The molecule has 6 nitrogen and oxygen atoms in total. The quantitative estimate of drug-likeness (QED) is 0.845. The zero-order valence-electron chi connectivity index (χ0n) is 14.1. The fourth-order valence-corrected chi connectivity index (χ4v) is 3.71. The highest BCUT2D eigenvalue weighted by Gasteiger charge is 2.41. The summed E-state index contributed by atoms with van der Waals surface area (Å²) in [6.45, 7) is 3.58. The summed E-state index contributed by atoms with van der Waals surface area (Å²) >= 11 is 0. The molecule has 25 heavy (non-hydrogen) atoms. The highest BCUT2D eigenvalue weighted by molar-refractivity contribution is 5.77. The molecule has 2 atom stereocenters. The lowest BCUT2D eigenvalue weighted by atomic mass is 10.1. The third-order valence-electron chi connectivity index (χ3n) is 4.90. The van der Waals surface area contributed by atoms with Gasteiger partial charge >= 0.3 is 0 Å². The lowest BCUT2D eigenvalue weighted by Gasteiger charge is -2.30. The first-order chi connectivity index (χ1) is 12.3. The van der Waals surface area contributed by atoms with E-state index in [9.17, 15) is 4.79 Å². The number of likely N-dealkylation sites (tertiary alicyclic amines) is 1. The summed E-state index contributed by atoms with van der Waals surface area (Å²) in [5, 5.41) is 0. The van der Waals surface area contributed by atoms with Crippen LogP contribution in [-0.4, -0.2) is 57.5 Å². The number of hydrogen-bond acceptors (Lipinski definition) is 5. The smallest absolute Gasteiger partial charge is 0.225 e. The van der Waals surface area contributed by atoms with Crippen molar-refractivity contribution in [3.05, 3.63) is 60.2 Å². The molecule has 1 aromatic heterocycles. The van der Waals surface area contributed by atoms with Crippen molar-refractivity contribution in [3.63, 3.8) is 0 Å². The molecule has 0 N–H and O–H groups in total. The van der Waals surface area contributed by atoms with Gasteiger partial charge in [0.25, 0.3) is 0 Å². The van der Waals surface area contributed by atoms with Crippen molar-refractivity contribution in [3.8, 4) is 0 Å². The first-order valence-corrected chi connectivity index (χ1v) is 8.71. The van der Waals surface area contributed by atoms with Crippen molar-refractivity contribution in [1.29, 1.82) is 0 Å². The minimum atomic E-state index is 0.0693. The zero-order valence-corrected chi connectivity index (χ0v) is 14.1. The molecule has 0 aliphatic carbocycles. The number of fused-ring (bicyclic) bond motifs is 1. The van der Waals surface area contributed by atoms with Crippen LogP contribution in [0.25, 0.3) is 0 Å². The SMILES string of the molecule is O=C1CCO[C@H]2CN(Cc3cncnc3)C[C@@H]2N1Cc1ccccc1. The maximum Gasteiger partial charge on any atom is 0.225 e. The number of benzene rings is 1. The summed E-state index contributed by atoms with van der Waals surface area (Å²) in [4.78, 5) is 25.1. The Morgan fingerprint density at radius 1 is 1.04 bits per heavy atom. The van der Waals surface area contributed by atoms with Gasteiger partial charge in [-0.1, -0.05) is 30.3 Å². The normalized spacial score (nSPS) is 24.2. The minimum Gasteiger partial charge on any atom is -0.374 e. The van der Waals surface area contributed by atoms with Crippen molar-refractivity contribution in [2.45, 2.75) is 31.7 Å². The van der Waals surface area contributed by atoms with E-state index < -0.39 is 0 Å². The molecule has 2 aliphatic heterocycles. The Hall–Kier alpha value is -2.31. The van der Waals surface area contributed by atoms with Gasteiger partial charge in [0.15, 0.2) is 0 Å². The van der Waals surface area contributed by atoms with Gasteiger partial charge in [0.1, 0.15) is 6.33 Å². The van der Waals surface area contributed by atoms with Crippen LogP contribution in [0, 0.1) is 0 Å². The van der Waals surface area contributed by atoms with E-state index in [-0.39, 0.29) is 18.1 Å². The van der Waals surface area contributed by atoms with Crippen LogP contribution in [0.15, 0.2) is 49.1 Å². The molecular formula is C19H22N4O2. The molecule has 2 aromatic rings. The summed E-state index contributed by atoms with van der Waals surface area (Å²) in [5.41, 5.74) is 2.24. The van der Waals surface area contributed by atoms with Gasteiger partial charge in [0.2, 0.25) is 5.91 Å². The van der Waals surface area contributed by atoms with E-state index in [2.05, 4.69) is 27.0 Å². The van der Waals surface area contributed by atoms with E-state index in [4.69, 9.17) is 4.74 Å². The summed E-state index contributed by atoms with van der Waals surface area (Å²) in [6, 6.07) is 10.3. The van der Waals surface area contributed by atoms with Crippen LogP contribution in [0.2, 0.25) is 0 Å². The van der Waals surface area contributed by atoms with Crippen LogP contribution in [0.1, 0.15) is 17.5 Å². The molecule has 6 heteroatoms. The zero-order chi connectivity index (χ0) is 17.1. The van der Waals surface area contributed by atoms with Gasteiger partial charge < -0.3 is 9.64 Å². The number of aromatic nitrogens is 2. The van der Waals surface area contributed by atoms with Crippen molar-refractivity contribution in [2.24, 2.45) is 0 Å². The second kappa shape index (κ2) is 7.29. The molecule has 0 radical (unpaired) electrons. The van der Waals surface area contributed by atoms with Crippen LogP contribution < -0.4 is 0 Å². The van der Waals surface area contributed by atoms with Gasteiger partial charge in [-0.15, -0.1) is 0 Å². The maximum atomic E-state index is 12.6. The number of hydrogen-bond donors (Lipinski definition) is 0. The average Bonchev–Trinajstić information content (AvgIpc) is 2.97. The van der Waals surface area contributed by atoms with Crippen molar-refractivity contribution in [2.75, 3.05) is 19.7 Å². The van der Waals surface area contributed by atoms with Crippen molar-refractivity contribution >= 4 is 5.91 Å². The summed E-state index contributed by atoms with van der Waals surface area (Å²) in [6.07, 6.45) is 5.76. The first kappa shape index (κ1) is 16.2. The van der Waals surface area contributed by atoms with Gasteiger partial charge in [-0.25, -0.2) is 9.97 Å². The second-order valence-corrected chi connectivity index (χ2v) is 6.67.